The molecule has 1 aromatic rings. The molecule has 1 amide bonds. The van der Waals surface area contributed by atoms with E-state index in [1.165, 1.54) is 5.56 Å². The Balaban J connectivity index is 1.69. The molecule has 2 rings (SSSR count). The fraction of sp³-hybridized carbons (Fsp3) is 0.588. The van der Waals surface area contributed by atoms with Gasteiger partial charge in [0, 0.05) is 18.2 Å². The topological polar surface area (TPSA) is 64.3 Å². The number of nitrogens with two attached hydrogens (primary N) is 1. The van der Waals surface area contributed by atoms with Crippen LogP contribution >= 0.6 is 0 Å². The van der Waals surface area contributed by atoms with Crippen LogP contribution in [0.3, 0.4) is 0 Å². The fourth-order valence-corrected chi connectivity index (χ4v) is 2.81. The van der Waals surface area contributed by atoms with Crippen LogP contribution in [0.1, 0.15) is 47.2 Å². The van der Waals surface area contributed by atoms with Gasteiger partial charge in [0.05, 0.1) is 12.7 Å². The zero-order chi connectivity index (χ0) is 15.2. The van der Waals surface area contributed by atoms with E-state index < -0.39 is 0 Å². The highest BCUT2D eigenvalue weighted by Crippen LogP contribution is 2.19. The molecule has 0 radical (unpaired) electrons. The molecule has 0 bridgehead atoms. The average Bonchev–Trinajstić information content (AvgIpc) is 2.45. The molecule has 0 aromatic heterocycles. The number of benzene rings is 1. The van der Waals surface area contributed by atoms with Crippen LogP contribution in [0.4, 0.5) is 0 Å². The number of nitrogens with one attached hydrogen (secondary N) is 1. The lowest BCUT2D eigenvalue weighted by molar-refractivity contribution is 0.0267. The number of carbonyl (C=O) groups excluding carboxylic acids is 1. The van der Waals surface area contributed by atoms with Crippen LogP contribution in [-0.2, 0) is 4.74 Å². The van der Waals surface area contributed by atoms with Crippen molar-refractivity contribution in [2.75, 3.05) is 13.2 Å². The molecular weight excluding hydrogens is 264 g/mol. The molecule has 3 N–H and O–H groups in total. The number of aryl methyl sites for hydroxylation is 2. The van der Waals surface area contributed by atoms with Gasteiger partial charge in [-0.2, -0.15) is 0 Å². The predicted octanol–water partition coefficient (Wildman–Crippen LogP) is 2.32. The molecule has 116 valence electrons. The Kier molecular flexibility index (Phi) is 5.76. The van der Waals surface area contributed by atoms with Crippen molar-refractivity contribution in [1.29, 1.82) is 0 Å². The fourth-order valence-electron chi connectivity index (χ4n) is 2.81. The van der Waals surface area contributed by atoms with Crippen LogP contribution in [0, 0.1) is 13.8 Å². The summed E-state index contributed by atoms with van der Waals surface area (Å²) in [4.78, 5) is 12.1. The quantitative estimate of drug-likeness (QED) is 0.818. The van der Waals surface area contributed by atoms with Gasteiger partial charge in [-0.05, 0) is 51.2 Å². The Morgan fingerprint density at radius 1 is 1.29 bits per heavy atom. The molecule has 0 heterocycles. The third-order valence-electron chi connectivity index (χ3n) is 4.09. The summed E-state index contributed by atoms with van der Waals surface area (Å²) in [5.74, 6) is -0.0261. The minimum absolute atomic E-state index is 0.0261. The first-order valence-corrected chi connectivity index (χ1v) is 7.79. The average molecular weight is 290 g/mol. The van der Waals surface area contributed by atoms with Crippen LogP contribution in [-0.4, -0.2) is 31.2 Å². The van der Waals surface area contributed by atoms with Crippen molar-refractivity contribution in [2.24, 2.45) is 5.73 Å². The summed E-state index contributed by atoms with van der Waals surface area (Å²) in [5.41, 5.74) is 8.79. The highest BCUT2D eigenvalue weighted by Gasteiger charge is 2.18. The van der Waals surface area contributed by atoms with Gasteiger partial charge in [0.25, 0.3) is 5.91 Å². The minimum atomic E-state index is -0.0261. The smallest absolute Gasteiger partial charge is 0.251 e. The van der Waals surface area contributed by atoms with Gasteiger partial charge in [0.2, 0.25) is 0 Å². The second kappa shape index (κ2) is 7.57. The van der Waals surface area contributed by atoms with Gasteiger partial charge in [-0.3, -0.25) is 4.79 Å². The number of ether oxygens (including phenoxy) is 1. The van der Waals surface area contributed by atoms with Crippen molar-refractivity contribution in [2.45, 2.75) is 51.7 Å². The summed E-state index contributed by atoms with van der Waals surface area (Å²) in [7, 11) is 0. The number of hydrogen-bond acceptors (Lipinski definition) is 3. The van der Waals surface area contributed by atoms with Crippen molar-refractivity contribution in [3.05, 3.63) is 34.9 Å². The summed E-state index contributed by atoms with van der Waals surface area (Å²) in [6.45, 7) is 5.10. The molecule has 1 fully saturated rings. The van der Waals surface area contributed by atoms with Gasteiger partial charge >= 0.3 is 0 Å². The van der Waals surface area contributed by atoms with E-state index in [1.54, 1.807) is 0 Å². The van der Waals surface area contributed by atoms with Crippen LogP contribution in [0.2, 0.25) is 0 Å². The van der Waals surface area contributed by atoms with E-state index in [9.17, 15) is 4.79 Å². The van der Waals surface area contributed by atoms with Gasteiger partial charge in [0.15, 0.2) is 0 Å². The van der Waals surface area contributed by atoms with Crippen molar-refractivity contribution in [1.82, 2.24) is 5.32 Å². The second-order valence-electron chi connectivity index (χ2n) is 5.98. The molecule has 1 saturated carbocycles. The number of carbonyl (C=O) groups is 1. The zero-order valence-corrected chi connectivity index (χ0v) is 13.0. The molecule has 0 unspecified atom stereocenters. The summed E-state index contributed by atoms with van der Waals surface area (Å²) in [5, 5.41) is 2.92. The van der Waals surface area contributed by atoms with Crippen molar-refractivity contribution >= 4 is 5.91 Å². The van der Waals surface area contributed by atoms with E-state index in [2.05, 4.69) is 5.32 Å². The van der Waals surface area contributed by atoms with Gasteiger partial charge in [-0.15, -0.1) is 0 Å². The lowest BCUT2D eigenvalue weighted by Crippen LogP contribution is -2.33. The predicted molar refractivity (Wildman–Crippen MR) is 84.4 cm³/mol. The minimum Gasteiger partial charge on any atom is -0.376 e. The van der Waals surface area contributed by atoms with Crippen LogP contribution in [0.5, 0.6) is 0 Å². The molecule has 4 heteroatoms. The molecule has 4 nitrogen and oxygen atoms in total. The van der Waals surface area contributed by atoms with Gasteiger partial charge in [-0.25, -0.2) is 0 Å². The maximum atomic E-state index is 12.1. The molecule has 0 spiro atoms. The highest BCUT2D eigenvalue weighted by molar-refractivity contribution is 5.95. The van der Waals surface area contributed by atoms with E-state index in [0.717, 1.165) is 36.8 Å². The van der Waals surface area contributed by atoms with Crippen molar-refractivity contribution in [3.8, 4) is 0 Å². The molecule has 1 aliphatic rings. The van der Waals surface area contributed by atoms with Crippen molar-refractivity contribution < 1.29 is 9.53 Å². The summed E-state index contributed by atoms with van der Waals surface area (Å²) in [6.07, 6.45) is 4.46. The van der Waals surface area contributed by atoms with E-state index in [0.29, 0.717) is 25.3 Å². The highest BCUT2D eigenvalue weighted by atomic mass is 16.5. The van der Waals surface area contributed by atoms with Gasteiger partial charge < -0.3 is 15.8 Å². The Morgan fingerprint density at radius 2 is 2.00 bits per heavy atom. The molecule has 1 aliphatic carbocycles. The molecule has 0 atom stereocenters. The first-order chi connectivity index (χ1) is 10.1. The summed E-state index contributed by atoms with van der Waals surface area (Å²) < 4.78 is 5.80. The van der Waals surface area contributed by atoms with Crippen molar-refractivity contribution in [3.63, 3.8) is 0 Å². The SMILES string of the molecule is Cc1ccc(C(=O)NCCOC2CCC(N)CC2)c(C)c1. The Hall–Kier alpha value is -1.39. The number of amides is 1. The first-order valence-electron chi connectivity index (χ1n) is 7.79. The summed E-state index contributed by atoms with van der Waals surface area (Å²) in [6, 6.07) is 6.21. The molecule has 1 aromatic carbocycles. The molecular formula is C17H26N2O2. The molecule has 21 heavy (non-hydrogen) atoms. The monoisotopic (exact) mass is 290 g/mol. The Labute approximate surface area is 127 Å². The largest absolute Gasteiger partial charge is 0.376 e. The third-order valence-corrected chi connectivity index (χ3v) is 4.09. The Morgan fingerprint density at radius 3 is 2.67 bits per heavy atom. The number of rotatable bonds is 5. The first kappa shape index (κ1) is 16.0. The van der Waals surface area contributed by atoms with E-state index >= 15 is 0 Å². The molecule has 0 aliphatic heterocycles. The third kappa shape index (κ3) is 4.83. The second-order valence-corrected chi connectivity index (χ2v) is 5.98. The normalized spacial score (nSPS) is 22.0. The standard InChI is InChI=1S/C17H26N2O2/c1-12-3-8-16(13(2)11-12)17(20)19-9-10-21-15-6-4-14(18)5-7-15/h3,8,11,14-15H,4-7,9-10,18H2,1-2H3,(H,19,20). The zero-order valence-electron chi connectivity index (χ0n) is 13.0. The van der Waals surface area contributed by atoms with Gasteiger partial charge in [0.1, 0.15) is 0 Å². The van der Waals surface area contributed by atoms with Crippen LogP contribution in [0.15, 0.2) is 18.2 Å². The summed E-state index contributed by atoms with van der Waals surface area (Å²) >= 11 is 0. The Bertz CT molecular complexity index is 480. The van der Waals surface area contributed by atoms with E-state index in [1.807, 2.05) is 32.0 Å². The van der Waals surface area contributed by atoms with E-state index in [-0.39, 0.29) is 5.91 Å². The van der Waals surface area contributed by atoms with Crippen LogP contribution in [0.25, 0.3) is 0 Å². The molecule has 0 saturated heterocycles. The lowest BCUT2D eigenvalue weighted by atomic mass is 9.94. The lowest BCUT2D eigenvalue weighted by Gasteiger charge is -2.26. The number of hydrogen-bond donors (Lipinski definition) is 2. The maximum Gasteiger partial charge on any atom is 0.251 e. The van der Waals surface area contributed by atoms with Gasteiger partial charge in [-0.1, -0.05) is 17.7 Å². The maximum absolute atomic E-state index is 12.1. The van der Waals surface area contributed by atoms with Crippen LogP contribution < -0.4 is 11.1 Å². The van der Waals surface area contributed by atoms with E-state index in [4.69, 9.17) is 10.5 Å².